The normalized spacial score (nSPS) is 52.9. The molecule has 0 aromatic heterocycles. The molecule has 0 saturated carbocycles. The van der Waals surface area contributed by atoms with Gasteiger partial charge in [-0.05, 0) is 12.8 Å². The molecule has 0 amide bonds. The van der Waals surface area contributed by atoms with E-state index in [1.54, 1.807) is 0 Å². The molecule has 4 heterocycles. The smallest absolute Gasteiger partial charge is 0.187 e. The molecule has 264 valence electrons. The Balaban J connectivity index is 1.56. The van der Waals surface area contributed by atoms with Crippen LogP contribution in [0.3, 0.4) is 0 Å². The van der Waals surface area contributed by atoms with Crippen molar-refractivity contribution in [3.63, 3.8) is 0 Å². The standard InChI is InChI=1S/C25H44O20/c26-3-8-12(30)16(34)11(29)6(40-8)1-2-7-14(32)22(45-24-18(36)17(35)13(31)9(4-27)43-24)20(38)25(42-7)44-21-15(33)10(5-28)41-23(39)19(21)37/h6-39H,1-5H2. The van der Waals surface area contributed by atoms with Gasteiger partial charge < -0.3 is 99.9 Å². The van der Waals surface area contributed by atoms with Crippen LogP contribution < -0.4 is 0 Å². The lowest BCUT2D eigenvalue weighted by molar-refractivity contribution is -0.378. The van der Waals surface area contributed by atoms with E-state index in [9.17, 15) is 71.5 Å². The third kappa shape index (κ3) is 7.60. The second-order valence-corrected chi connectivity index (χ2v) is 11.6. The van der Waals surface area contributed by atoms with Crippen LogP contribution in [0.5, 0.6) is 0 Å². The van der Waals surface area contributed by atoms with Crippen LogP contribution in [0, 0.1) is 0 Å². The summed E-state index contributed by atoms with van der Waals surface area (Å²) in [6.45, 7) is -2.31. The van der Waals surface area contributed by atoms with Gasteiger partial charge in [0.05, 0.1) is 32.0 Å². The van der Waals surface area contributed by atoms with Gasteiger partial charge in [-0.2, -0.15) is 0 Å². The number of hydrogen-bond donors (Lipinski definition) is 14. The van der Waals surface area contributed by atoms with Crippen molar-refractivity contribution < 1.29 is 99.9 Å². The van der Waals surface area contributed by atoms with Crippen molar-refractivity contribution >= 4 is 0 Å². The highest BCUT2D eigenvalue weighted by molar-refractivity contribution is 4.98. The van der Waals surface area contributed by atoms with E-state index in [2.05, 4.69) is 0 Å². The molecule has 4 saturated heterocycles. The first kappa shape index (κ1) is 37.0. The van der Waals surface area contributed by atoms with Crippen molar-refractivity contribution in [3.8, 4) is 0 Å². The largest absolute Gasteiger partial charge is 0.394 e. The summed E-state index contributed by atoms with van der Waals surface area (Å²) < 4.78 is 32.7. The summed E-state index contributed by atoms with van der Waals surface area (Å²) in [7, 11) is 0. The van der Waals surface area contributed by atoms with E-state index in [0.717, 1.165) is 0 Å². The van der Waals surface area contributed by atoms with Gasteiger partial charge in [0.1, 0.15) is 91.6 Å². The van der Waals surface area contributed by atoms with Crippen LogP contribution in [0.1, 0.15) is 12.8 Å². The van der Waals surface area contributed by atoms with E-state index >= 15 is 0 Å². The number of hydrogen-bond acceptors (Lipinski definition) is 20. The molecule has 0 aromatic rings. The minimum Gasteiger partial charge on any atom is -0.394 e. The van der Waals surface area contributed by atoms with Crippen molar-refractivity contribution in [1.82, 2.24) is 0 Å². The topological polar surface area (TPSA) is 339 Å². The molecule has 20 heteroatoms. The first-order valence-corrected chi connectivity index (χ1v) is 14.5. The third-order valence-corrected chi connectivity index (χ3v) is 8.64. The number of ether oxygens (including phenoxy) is 6. The van der Waals surface area contributed by atoms with Crippen molar-refractivity contribution in [2.75, 3.05) is 19.8 Å². The lowest BCUT2D eigenvalue weighted by Crippen LogP contribution is -2.66. The van der Waals surface area contributed by atoms with E-state index in [0.29, 0.717) is 0 Å². The Hall–Kier alpha value is -0.800. The Morgan fingerprint density at radius 1 is 0.356 bits per heavy atom. The van der Waals surface area contributed by atoms with Crippen molar-refractivity contribution in [2.45, 2.75) is 135 Å². The van der Waals surface area contributed by atoms with E-state index in [-0.39, 0.29) is 12.8 Å². The van der Waals surface area contributed by atoms with Gasteiger partial charge in [0.15, 0.2) is 18.9 Å². The van der Waals surface area contributed by atoms with Gasteiger partial charge >= 0.3 is 0 Å². The van der Waals surface area contributed by atoms with Crippen LogP contribution in [-0.4, -0.2) is 214 Å². The van der Waals surface area contributed by atoms with Gasteiger partial charge in [-0.3, -0.25) is 0 Å². The molecule has 20 nitrogen and oxygen atoms in total. The molecule has 0 spiro atoms. The highest BCUT2D eigenvalue weighted by Gasteiger charge is 2.54. The lowest BCUT2D eigenvalue weighted by atomic mass is 9.89. The maximum Gasteiger partial charge on any atom is 0.187 e. The fourth-order valence-corrected chi connectivity index (χ4v) is 5.88. The van der Waals surface area contributed by atoms with Crippen LogP contribution in [0.25, 0.3) is 0 Å². The molecule has 0 aromatic carbocycles. The maximum absolute atomic E-state index is 11.2. The first-order valence-electron chi connectivity index (χ1n) is 14.5. The van der Waals surface area contributed by atoms with Crippen molar-refractivity contribution in [3.05, 3.63) is 0 Å². The highest BCUT2D eigenvalue weighted by Crippen LogP contribution is 2.34. The van der Waals surface area contributed by atoms with Gasteiger partial charge in [0.2, 0.25) is 0 Å². The Bertz CT molecular complexity index is 914. The van der Waals surface area contributed by atoms with Gasteiger partial charge in [0, 0.05) is 0 Å². The molecule has 14 N–H and O–H groups in total. The minimum atomic E-state index is -2.01. The molecule has 20 unspecified atom stereocenters. The summed E-state index contributed by atoms with van der Waals surface area (Å²) in [5, 5.41) is 143. The Kier molecular flexibility index (Phi) is 12.8. The average molecular weight is 665 g/mol. The second kappa shape index (κ2) is 15.6. The van der Waals surface area contributed by atoms with Crippen LogP contribution in [0.15, 0.2) is 0 Å². The molecular weight excluding hydrogens is 620 g/mol. The van der Waals surface area contributed by atoms with Crippen LogP contribution in [0.4, 0.5) is 0 Å². The van der Waals surface area contributed by atoms with Gasteiger partial charge in [-0.15, -0.1) is 0 Å². The first-order chi connectivity index (χ1) is 21.2. The number of aliphatic hydroxyl groups excluding tert-OH is 14. The van der Waals surface area contributed by atoms with Gasteiger partial charge in [-0.25, -0.2) is 0 Å². The number of rotatable bonds is 10. The summed E-state index contributed by atoms with van der Waals surface area (Å²) in [6.07, 6.45) is -34.4. The summed E-state index contributed by atoms with van der Waals surface area (Å²) in [6, 6.07) is 0. The van der Waals surface area contributed by atoms with Crippen molar-refractivity contribution in [1.29, 1.82) is 0 Å². The SMILES string of the molecule is OCC1OC(CCC2OC(OC3C(O)C(O)OC(CO)C3O)C(O)C(OC3OC(CO)C(O)C(O)C3O)C2O)C(O)C(O)C1O. The van der Waals surface area contributed by atoms with Crippen molar-refractivity contribution in [2.24, 2.45) is 0 Å². The summed E-state index contributed by atoms with van der Waals surface area (Å²) >= 11 is 0. The average Bonchev–Trinajstić information content (AvgIpc) is 3.02. The predicted octanol–water partition coefficient (Wildman–Crippen LogP) is -8.94. The quantitative estimate of drug-likeness (QED) is 0.103. The molecule has 4 aliphatic heterocycles. The van der Waals surface area contributed by atoms with E-state index in [4.69, 9.17) is 28.4 Å². The lowest BCUT2D eigenvalue weighted by Gasteiger charge is -2.48. The zero-order valence-corrected chi connectivity index (χ0v) is 23.8. The molecule has 4 fully saturated rings. The molecule has 0 radical (unpaired) electrons. The number of aliphatic hydroxyl groups is 14. The Labute approximate surface area is 255 Å². The maximum atomic E-state index is 11.2. The Morgan fingerprint density at radius 3 is 1.29 bits per heavy atom. The highest BCUT2D eigenvalue weighted by atomic mass is 16.7. The summed E-state index contributed by atoms with van der Waals surface area (Å²) in [5.41, 5.74) is 0. The molecule has 4 rings (SSSR count). The van der Waals surface area contributed by atoms with Crippen LogP contribution in [-0.2, 0) is 28.4 Å². The molecular formula is C25H44O20. The van der Waals surface area contributed by atoms with E-state index in [1.807, 2.05) is 0 Å². The van der Waals surface area contributed by atoms with Gasteiger partial charge in [0.25, 0.3) is 0 Å². The summed E-state index contributed by atoms with van der Waals surface area (Å²) in [5.74, 6) is 0. The zero-order chi connectivity index (χ0) is 33.3. The van der Waals surface area contributed by atoms with E-state index in [1.165, 1.54) is 0 Å². The fourth-order valence-electron chi connectivity index (χ4n) is 5.88. The second-order valence-electron chi connectivity index (χ2n) is 11.6. The van der Waals surface area contributed by atoms with Gasteiger partial charge in [-0.1, -0.05) is 0 Å². The Morgan fingerprint density at radius 2 is 0.733 bits per heavy atom. The third-order valence-electron chi connectivity index (χ3n) is 8.64. The molecule has 4 aliphatic rings. The minimum absolute atomic E-state index is 0.202. The summed E-state index contributed by atoms with van der Waals surface area (Å²) in [4.78, 5) is 0. The zero-order valence-electron chi connectivity index (χ0n) is 23.8. The molecule has 0 aliphatic carbocycles. The monoisotopic (exact) mass is 664 g/mol. The fraction of sp³-hybridized carbons (Fsp3) is 1.00. The van der Waals surface area contributed by atoms with Crippen LogP contribution in [0.2, 0.25) is 0 Å². The molecule has 45 heavy (non-hydrogen) atoms. The molecule has 20 atom stereocenters. The predicted molar refractivity (Wildman–Crippen MR) is 137 cm³/mol. The van der Waals surface area contributed by atoms with E-state index < -0.39 is 142 Å². The van der Waals surface area contributed by atoms with Crippen LogP contribution >= 0.6 is 0 Å². The molecule has 0 bridgehead atoms.